The highest BCUT2D eigenvalue weighted by Gasteiger charge is 2.50. The van der Waals surface area contributed by atoms with Gasteiger partial charge in [0.25, 0.3) is 12.4 Å². The molecule has 8 heteroatoms. The number of aryl methyl sites for hydroxylation is 1. The second-order valence-electron chi connectivity index (χ2n) is 8.47. The predicted molar refractivity (Wildman–Crippen MR) is 118 cm³/mol. The Morgan fingerprint density at radius 1 is 1.31 bits per heavy atom. The first-order valence-corrected chi connectivity index (χ1v) is 10.5. The molecule has 1 saturated heterocycles. The van der Waals surface area contributed by atoms with Gasteiger partial charge in [-0.1, -0.05) is 12.1 Å². The Balaban J connectivity index is 0.000000775. The number of rotatable bonds is 5. The maximum atomic E-state index is 12.6. The van der Waals surface area contributed by atoms with Gasteiger partial charge in [-0.15, -0.1) is 0 Å². The summed E-state index contributed by atoms with van der Waals surface area (Å²) < 4.78 is 7.14. The Hall–Kier alpha value is -3.52. The van der Waals surface area contributed by atoms with Crippen LogP contribution >= 0.6 is 0 Å². The average molecular weight is 434 g/mol. The molecule has 0 unspecified atom stereocenters. The van der Waals surface area contributed by atoms with Crippen molar-refractivity contribution in [3.05, 3.63) is 77.4 Å². The third-order valence-corrected chi connectivity index (χ3v) is 6.06. The molecule has 2 fully saturated rings. The number of carboxylic acid groups (broad SMARTS) is 1. The third-order valence-electron chi connectivity index (χ3n) is 6.06. The SMILES string of the molecule is Cc1cnc(C(=O)NC2CC3(COC3)C2)cc1Cc1ccc(-n2cccn2)cc1.O=CO. The van der Waals surface area contributed by atoms with Crippen molar-refractivity contribution in [1.82, 2.24) is 20.1 Å². The summed E-state index contributed by atoms with van der Waals surface area (Å²) in [6, 6.07) is 12.4. The molecule has 1 aliphatic carbocycles. The summed E-state index contributed by atoms with van der Waals surface area (Å²) in [6.07, 6.45) is 8.28. The third kappa shape index (κ3) is 4.70. The number of amides is 1. The number of aromatic nitrogens is 3. The Morgan fingerprint density at radius 2 is 2.03 bits per heavy atom. The lowest BCUT2D eigenvalue weighted by Crippen LogP contribution is -2.59. The topological polar surface area (TPSA) is 106 Å². The molecular weight excluding hydrogens is 408 g/mol. The Labute approximate surface area is 186 Å². The molecule has 1 saturated carbocycles. The van der Waals surface area contributed by atoms with Gasteiger partial charge in [0.05, 0.1) is 18.9 Å². The second kappa shape index (κ2) is 9.32. The van der Waals surface area contributed by atoms with E-state index in [-0.39, 0.29) is 18.4 Å². The van der Waals surface area contributed by atoms with Gasteiger partial charge in [-0.05, 0) is 67.1 Å². The molecule has 8 nitrogen and oxygen atoms in total. The minimum absolute atomic E-state index is 0.0830. The van der Waals surface area contributed by atoms with Gasteiger partial charge >= 0.3 is 0 Å². The van der Waals surface area contributed by atoms with Crippen LogP contribution in [0.4, 0.5) is 0 Å². The number of pyridine rings is 1. The summed E-state index contributed by atoms with van der Waals surface area (Å²) in [4.78, 5) is 25.4. The molecule has 1 aliphatic heterocycles. The van der Waals surface area contributed by atoms with E-state index in [4.69, 9.17) is 14.6 Å². The van der Waals surface area contributed by atoms with Crippen LogP contribution < -0.4 is 5.32 Å². The quantitative estimate of drug-likeness (QED) is 0.598. The first-order valence-electron chi connectivity index (χ1n) is 10.5. The van der Waals surface area contributed by atoms with E-state index in [2.05, 4.69) is 39.7 Å². The van der Waals surface area contributed by atoms with Crippen LogP contribution in [0.2, 0.25) is 0 Å². The number of nitrogens with zero attached hydrogens (tertiary/aromatic N) is 3. The van der Waals surface area contributed by atoms with Crippen LogP contribution in [0.5, 0.6) is 0 Å². The average Bonchev–Trinajstić information content (AvgIpc) is 3.26. The molecule has 3 heterocycles. The van der Waals surface area contributed by atoms with Crippen LogP contribution in [0.25, 0.3) is 5.69 Å². The van der Waals surface area contributed by atoms with Gasteiger partial charge in [0.2, 0.25) is 0 Å². The van der Waals surface area contributed by atoms with Gasteiger partial charge in [-0.3, -0.25) is 14.6 Å². The number of carbonyl (C=O) groups is 2. The highest BCUT2D eigenvalue weighted by Crippen LogP contribution is 2.46. The minimum Gasteiger partial charge on any atom is -0.483 e. The lowest BCUT2D eigenvalue weighted by molar-refractivity contribution is -0.165. The fourth-order valence-corrected chi connectivity index (χ4v) is 4.26. The molecule has 0 bridgehead atoms. The number of hydrogen-bond donors (Lipinski definition) is 2. The van der Waals surface area contributed by atoms with Crippen molar-refractivity contribution in [2.24, 2.45) is 5.41 Å². The van der Waals surface area contributed by atoms with Gasteiger partial charge in [0.15, 0.2) is 0 Å². The Bertz CT molecular complexity index is 1070. The van der Waals surface area contributed by atoms with E-state index in [0.717, 1.165) is 49.3 Å². The molecule has 1 amide bonds. The van der Waals surface area contributed by atoms with E-state index in [1.54, 1.807) is 12.4 Å². The van der Waals surface area contributed by atoms with Gasteiger partial charge in [0, 0.05) is 30.0 Å². The highest BCUT2D eigenvalue weighted by molar-refractivity contribution is 5.92. The molecule has 1 aromatic carbocycles. The van der Waals surface area contributed by atoms with E-state index in [1.165, 1.54) is 5.56 Å². The zero-order valence-electron chi connectivity index (χ0n) is 17.9. The molecule has 32 heavy (non-hydrogen) atoms. The smallest absolute Gasteiger partial charge is 0.290 e. The van der Waals surface area contributed by atoms with E-state index >= 15 is 0 Å². The summed E-state index contributed by atoms with van der Waals surface area (Å²) in [5, 5.41) is 14.3. The van der Waals surface area contributed by atoms with Gasteiger partial charge < -0.3 is 15.2 Å². The second-order valence-corrected chi connectivity index (χ2v) is 8.47. The van der Waals surface area contributed by atoms with E-state index in [0.29, 0.717) is 11.1 Å². The fraction of sp³-hybridized carbons (Fsp3) is 0.333. The van der Waals surface area contributed by atoms with Crippen LogP contribution in [-0.4, -0.2) is 51.5 Å². The van der Waals surface area contributed by atoms with Crippen molar-refractivity contribution in [3.63, 3.8) is 0 Å². The normalized spacial score (nSPS) is 16.3. The summed E-state index contributed by atoms with van der Waals surface area (Å²) in [6.45, 7) is 3.46. The van der Waals surface area contributed by atoms with Crippen molar-refractivity contribution in [1.29, 1.82) is 0 Å². The summed E-state index contributed by atoms with van der Waals surface area (Å²) in [5.74, 6) is -0.0830. The van der Waals surface area contributed by atoms with Crippen LogP contribution in [0.1, 0.15) is 40.0 Å². The van der Waals surface area contributed by atoms with Gasteiger partial charge in [-0.2, -0.15) is 5.10 Å². The van der Waals surface area contributed by atoms with Crippen molar-refractivity contribution < 1.29 is 19.4 Å². The maximum absolute atomic E-state index is 12.6. The van der Waals surface area contributed by atoms with Crippen molar-refractivity contribution in [2.75, 3.05) is 13.2 Å². The molecule has 0 radical (unpaired) electrons. The van der Waals surface area contributed by atoms with E-state index < -0.39 is 0 Å². The highest BCUT2D eigenvalue weighted by atomic mass is 16.5. The molecule has 1 spiro atoms. The zero-order chi connectivity index (χ0) is 22.6. The van der Waals surface area contributed by atoms with Crippen molar-refractivity contribution in [2.45, 2.75) is 32.2 Å². The lowest BCUT2D eigenvalue weighted by Gasteiger charge is -2.53. The summed E-state index contributed by atoms with van der Waals surface area (Å²) in [7, 11) is 0. The van der Waals surface area contributed by atoms with Gasteiger partial charge in [-0.25, -0.2) is 4.68 Å². The molecular formula is C24H26N4O4. The molecule has 2 aromatic heterocycles. The standard InChI is InChI=1S/C23H24N4O2.CH2O2/c1-16-13-24-21(22(28)26-19-11-23(12-19)14-29-15-23)10-18(16)9-17-3-5-20(6-4-17)27-8-2-7-25-27;2-1-3/h2-8,10,13,19H,9,11-12,14-15H2,1H3,(H,26,28);1H,(H,2,3). The van der Waals surface area contributed by atoms with E-state index in [9.17, 15) is 4.79 Å². The lowest BCUT2D eigenvalue weighted by atomic mass is 9.64. The first-order chi connectivity index (χ1) is 15.5. The number of nitrogens with one attached hydrogen (secondary N) is 1. The molecule has 2 aliphatic rings. The first kappa shape index (κ1) is 21.7. The minimum atomic E-state index is -0.250. The molecule has 2 N–H and O–H groups in total. The largest absolute Gasteiger partial charge is 0.483 e. The molecule has 166 valence electrons. The predicted octanol–water partition coefficient (Wildman–Crippen LogP) is 2.78. The zero-order valence-corrected chi connectivity index (χ0v) is 17.9. The van der Waals surface area contributed by atoms with Crippen LogP contribution in [0.15, 0.2) is 55.0 Å². The van der Waals surface area contributed by atoms with Crippen molar-refractivity contribution >= 4 is 12.4 Å². The maximum Gasteiger partial charge on any atom is 0.290 e. The fourth-order valence-electron chi connectivity index (χ4n) is 4.26. The van der Waals surface area contributed by atoms with Crippen LogP contribution in [-0.2, 0) is 16.0 Å². The van der Waals surface area contributed by atoms with Crippen LogP contribution in [0, 0.1) is 12.3 Å². The molecule has 0 atom stereocenters. The number of hydrogen-bond acceptors (Lipinski definition) is 5. The van der Waals surface area contributed by atoms with Gasteiger partial charge in [0.1, 0.15) is 5.69 Å². The number of ether oxygens (including phenoxy) is 1. The summed E-state index contributed by atoms with van der Waals surface area (Å²) >= 11 is 0. The van der Waals surface area contributed by atoms with E-state index in [1.807, 2.05) is 29.9 Å². The van der Waals surface area contributed by atoms with Crippen LogP contribution in [0.3, 0.4) is 0 Å². The monoisotopic (exact) mass is 434 g/mol. The number of benzene rings is 1. The van der Waals surface area contributed by atoms with Crippen molar-refractivity contribution in [3.8, 4) is 5.69 Å². The Kier molecular flexibility index (Phi) is 6.32. The molecule has 3 aromatic rings. The molecule has 5 rings (SSSR count). The summed E-state index contributed by atoms with van der Waals surface area (Å²) in [5.41, 5.74) is 5.26. The Morgan fingerprint density at radius 3 is 2.62 bits per heavy atom. The number of carbonyl (C=O) groups excluding carboxylic acids is 1.